The maximum absolute atomic E-state index is 12.4. The summed E-state index contributed by atoms with van der Waals surface area (Å²) >= 11 is 0. The molecule has 0 aromatic rings. The molecule has 0 aromatic heterocycles. The van der Waals surface area contributed by atoms with E-state index in [4.69, 9.17) is 52.1 Å². The minimum atomic E-state index is -2.31. The molecule has 0 bridgehead atoms. The summed E-state index contributed by atoms with van der Waals surface area (Å²) in [6.07, 6.45) is -51.9. The van der Waals surface area contributed by atoms with Gasteiger partial charge in [-0.05, 0) is 6.92 Å². The van der Waals surface area contributed by atoms with Crippen molar-refractivity contribution in [3.05, 3.63) is 0 Å². The fraction of sp³-hybridized carbons (Fsp3) is 0.950. The zero-order chi connectivity index (χ0) is 53.2. The Morgan fingerprint density at radius 2 is 0.792 bits per heavy atom. The predicted molar refractivity (Wildman–Crippen MR) is 221 cm³/mol. The van der Waals surface area contributed by atoms with Crippen molar-refractivity contribution in [2.45, 2.75) is 205 Å². The summed E-state index contributed by atoms with van der Waals surface area (Å²) in [7, 11) is 0. The van der Waals surface area contributed by atoms with Crippen molar-refractivity contribution < 1.29 is 149 Å². The topological polar surface area (TPSA) is 504 Å². The molecule has 0 aliphatic carbocycles. The van der Waals surface area contributed by atoms with Gasteiger partial charge in [-0.3, -0.25) is 9.59 Å². The molecule has 1 unspecified atom stereocenters. The van der Waals surface area contributed by atoms with E-state index in [1.54, 1.807) is 0 Å². The molecule has 2 amide bonds. The Kier molecular flexibility index (Phi) is 20.8. The molecule has 6 saturated heterocycles. The lowest BCUT2D eigenvalue weighted by atomic mass is 9.94. The van der Waals surface area contributed by atoms with Crippen molar-refractivity contribution in [2.75, 3.05) is 33.0 Å². The summed E-state index contributed by atoms with van der Waals surface area (Å²) in [4.78, 5) is 24.8. The van der Waals surface area contributed by atoms with Gasteiger partial charge in [0.15, 0.2) is 37.7 Å². The third-order valence-corrected chi connectivity index (χ3v) is 13.2. The zero-order valence-electron chi connectivity index (χ0n) is 38.8. The number of ether oxygens (including phenoxy) is 11. The molecule has 6 heterocycles. The first kappa shape index (κ1) is 59.1. The molecule has 0 radical (unpaired) electrons. The van der Waals surface area contributed by atoms with Gasteiger partial charge in [0.2, 0.25) is 11.8 Å². The lowest BCUT2D eigenvalue weighted by molar-refractivity contribution is -0.393. The van der Waals surface area contributed by atoms with E-state index in [0.717, 1.165) is 13.8 Å². The van der Waals surface area contributed by atoms with E-state index in [0.29, 0.717) is 0 Å². The van der Waals surface area contributed by atoms with Crippen LogP contribution in [0.4, 0.5) is 0 Å². The van der Waals surface area contributed by atoms with Crippen molar-refractivity contribution in [2.24, 2.45) is 0 Å². The molecular formula is C40H68N2O30. The average Bonchev–Trinajstić information content (AvgIpc) is 3.34. The molecule has 418 valence electrons. The molecule has 6 aliphatic heterocycles. The Morgan fingerprint density at radius 3 is 1.35 bits per heavy atom. The molecular weight excluding hydrogens is 988 g/mol. The quantitative estimate of drug-likeness (QED) is 0.0643. The van der Waals surface area contributed by atoms with Gasteiger partial charge < -0.3 is 150 Å². The largest absolute Gasteiger partial charge is 0.394 e. The highest BCUT2D eigenvalue weighted by atomic mass is 16.8. The highest BCUT2D eigenvalue weighted by Crippen LogP contribution is 2.36. The summed E-state index contributed by atoms with van der Waals surface area (Å²) in [6, 6.07) is -3.43. The van der Waals surface area contributed by atoms with Gasteiger partial charge in [0, 0.05) is 13.8 Å². The summed E-state index contributed by atoms with van der Waals surface area (Å²) in [5.74, 6) is -1.63. The molecule has 32 heteroatoms. The van der Waals surface area contributed by atoms with Crippen LogP contribution in [0.1, 0.15) is 20.8 Å². The Morgan fingerprint density at radius 1 is 0.389 bits per heavy atom. The van der Waals surface area contributed by atoms with Crippen LogP contribution in [0.5, 0.6) is 0 Å². The number of aliphatic hydroxyl groups excluding tert-OH is 17. The number of carbonyl (C=O) groups excluding carboxylic acids is 2. The average molecular weight is 1060 g/mol. The maximum Gasteiger partial charge on any atom is 0.217 e. The van der Waals surface area contributed by atoms with Crippen molar-refractivity contribution in [3.63, 3.8) is 0 Å². The highest BCUT2D eigenvalue weighted by Gasteiger charge is 2.57. The first-order valence-electron chi connectivity index (χ1n) is 23.0. The SMILES string of the molecule is CC(=O)N[C@H]1[C@H](O[C@@H]2[C@@H](O)[C@@H](O[C@H]3[C@H](O)[C@@H](CO[C@H]4O[C@H](CO)[C@@H](O)[C@H](O)[C@H]4O)OC(O)[C@@H]3NC(C)=O)O[C@H](CO)[C@@H]2O[C@H]2O[C@H](CO[C@@H]3O[C@@H](C)[C@H](O)[C@@H](O)[C@H]3O)[C@@H](O)[C@H](O)[C@H]2O)O[C@H](CO)[C@@H](O)[C@@H]1O. The number of aliphatic hydroxyl groups is 17. The van der Waals surface area contributed by atoms with E-state index in [1.807, 2.05) is 0 Å². The second-order valence-electron chi connectivity index (χ2n) is 18.3. The van der Waals surface area contributed by atoms with Crippen molar-refractivity contribution >= 4 is 11.8 Å². The summed E-state index contributed by atoms with van der Waals surface area (Å²) in [5, 5.41) is 187. The van der Waals surface area contributed by atoms with E-state index in [-0.39, 0.29) is 0 Å². The normalized spacial score (nSPS) is 50.3. The fourth-order valence-electron chi connectivity index (χ4n) is 9.05. The molecule has 32 nitrogen and oxygen atoms in total. The maximum atomic E-state index is 12.4. The van der Waals surface area contributed by atoms with E-state index in [2.05, 4.69) is 10.6 Å². The number of amides is 2. The van der Waals surface area contributed by atoms with Crippen molar-refractivity contribution in [3.8, 4) is 0 Å². The van der Waals surface area contributed by atoms with Crippen LogP contribution in [0, 0.1) is 0 Å². The number of carbonyl (C=O) groups is 2. The Balaban J connectivity index is 1.29. The lowest BCUT2D eigenvalue weighted by Crippen LogP contribution is -2.70. The minimum absolute atomic E-state index is 0.758. The van der Waals surface area contributed by atoms with Gasteiger partial charge in [0.25, 0.3) is 0 Å². The molecule has 6 aliphatic rings. The number of rotatable bonds is 17. The molecule has 72 heavy (non-hydrogen) atoms. The van der Waals surface area contributed by atoms with E-state index >= 15 is 0 Å². The van der Waals surface area contributed by atoms with Gasteiger partial charge in [-0.15, -0.1) is 0 Å². The van der Waals surface area contributed by atoms with Crippen LogP contribution in [-0.4, -0.2) is 316 Å². The third-order valence-electron chi connectivity index (χ3n) is 13.2. The van der Waals surface area contributed by atoms with Crippen molar-refractivity contribution in [1.29, 1.82) is 0 Å². The number of hydrogen-bond acceptors (Lipinski definition) is 30. The van der Waals surface area contributed by atoms with Gasteiger partial charge >= 0.3 is 0 Å². The molecule has 30 atom stereocenters. The van der Waals surface area contributed by atoms with E-state index in [1.165, 1.54) is 6.92 Å². The van der Waals surface area contributed by atoms with Gasteiger partial charge in [-0.2, -0.15) is 0 Å². The standard InChI is InChI=1S/C40H68N2O30/c1-9-19(48)25(54)28(57)37(64-9)62-7-15-22(51)27(56)30(59)39(69-15)70-32-14(6-45)68-40(31(60)34(32)72-36-17(41-10(2)46)24(53)20(49)12(4-43)66-36)71-33-18(42-11(3)47)35(61)65-16(23(33)52)8-63-38-29(58)26(55)21(50)13(5-44)67-38/h9,12-40,43-45,48-61H,4-8H2,1-3H3,(H,41,46)(H,42,47)/t9-,12+,13+,14+,15+,16+,17+,18+,19-,20+,21+,22+,23+,24+,25+,26-,27-,28+,29+,30+,31+,32-,33+,34+,35?,36-,37+,38-,39+,40+/m0/s1. The number of hydrogen-bond donors (Lipinski definition) is 19. The third kappa shape index (κ3) is 12.8. The van der Waals surface area contributed by atoms with Crippen LogP contribution in [0.25, 0.3) is 0 Å². The van der Waals surface area contributed by atoms with Crippen LogP contribution in [0.15, 0.2) is 0 Å². The second kappa shape index (κ2) is 25.3. The van der Waals surface area contributed by atoms with Gasteiger partial charge in [-0.1, -0.05) is 0 Å². The predicted octanol–water partition coefficient (Wildman–Crippen LogP) is -12.8. The van der Waals surface area contributed by atoms with Gasteiger partial charge in [0.05, 0.1) is 39.1 Å². The van der Waals surface area contributed by atoms with Crippen LogP contribution in [0.2, 0.25) is 0 Å². The lowest BCUT2D eigenvalue weighted by Gasteiger charge is -2.51. The molecule has 0 aromatic carbocycles. The summed E-state index contributed by atoms with van der Waals surface area (Å²) in [6.45, 7) is -1.06. The fourth-order valence-corrected chi connectivity index (χ4v) is 9.05. The molecule has 19 N–H and O–H groups in total. The molecule has 6 rings (SSSR count). The molecule has 6 fully saturated rings. The smallest absolute Gasteiger partial charge is 0.217 e. The first-order chi connectivity index (χ1) is 33.9. The molecule has 0 saturated carbocycles. The summed E-state index contributed by atoms with van der Waals surface area (Å²) < 4.78 is 62.9. The first-order valence-corrected chi connectivity index (χ1v) is 23.0. The van der Waals surface area contributed by atoms with E-state index in [9.17, 15) is 96.4 Å². The summed E-state index contributed by atoms with van der Waals surface area (Å²) in [5.41, 5.74) is 0. The minimum Gasteiger partial charge on any atom is -0.394 e. The highest BCUT2D eigenvalue weighted by molar-refractivity contribution is 5.73. The second-order valence-corrected chi connectivity index (χ2v) is 18.3. The van der Waals surface area contributed by atoms with Gasteiger partial charge in [-0.25, -0.2) is 0 Å². The monoisotopic (exact) mass is 1060 g/mol. The zero-order valence-corrected chi connectivity index (χ0v) is 38.8. The van der Waals surface area contributed by atoms with Crippen LogP contribution >= 0.6 is 0 Å². The van der Waals surface area contributed by atoms with Crippen LogP contribution in [0.3, 0.4) is 0 Å². The van der Waals surface area contributed by atoms with Crippen molar-refractivity contribution in [1.82, 2.24) is 10.6 Å². The van der Waals surface area contributed by atoms with E-state index < -0.39 is 229 Å². The number of nitrogens with one attached hydrogen (secondary N) is 2. The molecule has 0 spiro atoms. The van der Waals surface area contributed by atoms with Crippen LogP contribution < -0.4 is 10.6 Å². The van der Waals surface area contributed by atoms with Gasteiger partial charge in [0.1, 0.15) is 140 Å². The van der Waals surface area contributed by atoms with Crippen LogP contribution in [-0.2, 0) is 61.7 Å². The Labute approximate surface area is 408 Å². The Bertz CT molecular complexity index is 1730. The Hall–Kier alpha value is -2.18.